The van der Waals surface area contributed by atoms with Gasteiger partial charge in [-0.3, -0.25) is 0 Å². The summed E-state index contributed by atoms with van der Waals surface area (Å²) in [6.45, 7) is 4.53. The molecule has 0 aliphatic heterocycles. The number of hydrogen-bond donors (Lipinski definition) is 1. The van der Waals surface area contributed by atoms with Crippen LogP contribution in [0, 0.1) is 11.3 Å². The first-order chi connectivity index (χ1) is 22.0. The van der Waals surface area contributed by atoms with Crippen LogP contribution in [0.5, 0.6) is 0 Å². The predicted octanol–water partition coefficient (Wildman–Crippen LogP) is 13.6. The summed E-state index contributed by atoms with van der Waals surface area (Å²) in [4.78, 5) is 20.2. The van der Waals surface area contributed by atoms with Gasteiger partial charge in [0, 0.05) is 43.5 Å². The Kier molecular flexibility index (Phi) is 10.7. The average molecular weight is 706 g/mol. The van der Waals surface area contributed by atoms with Crippen LogP contribution in [-0.4, -0.2) is 11.1 Å². The third kappa shape index (κ3) is 7.07. The molecule has 1 N–H and O–H groups in total. The number of fused-ring (bicyclic) bond motifs is 3. The molecule has 6 aromatic heterocycles. The van der Waals surface area contributed by atoms with Gasteiger partial charge in [0.1, 0.15) is 11.6 Å². The van der Waals surface area contributed by atoms with Crippen molar-refractivity contribution >= 4 is 98.9 Å². The maximum Gasteiger partial charge on any atom is 0.346 e. The fourth-order valence-electron chi connectivity index (χ4n) is 5.70. The molecule has 0 radical (unpaired) electrons. The van der Waals surface area contributed by atoms with Crippen LogP contribution >= 0.6 is 68.0 Å². The molecule has 0 aliphatic carbocycles. The van der Waals surface area contributed by atoms with Crippen molar-refractivity contribution in [1.29, 1.82) is 5.26 Å². The van der Waals surface area contributed by atoms with E-state index in [1.807, 2.05) is 68.8 Å². The molecule has 0 aliphatic rings. The van der Waals surface area contributed by atoms with Gasteiger partial charge in [0.05, 0.1) is 9.40 Å². The van der Waals surface area contributed by atoms with Crippen molar-refractivity contribution in [3.05, 3.63) is 63.4 Å². The monoisotopic (exact) mass is 705 g/mol. The van der Waals surface area contributed by atoms with E-state index in [1.54, 1.807) is 11.3 Å². The molecule has 232 valence electrons. The third-order valence-corrected chi connectivity index (χ3v) is 15.5. The lowest BCUT2D eigenvalue weighted by Gasteiger charge is -2.09. The first kappa shape index (κ1) is 32.4. The van der Waals surface area contributed by atoms with E-state index < -0.39 is 5.97 Å². The highest BCUT2D eigenvalue weighted by atomic mass is 32.1. The quantitative estimate of drug-likeness (QED) is 0.0657. The Morgan fingerprint density at radius 2 is 1.40 bits per heavy atom. The number of carboxylic acid groups (broad SMARTS) is 1. The normalized spacial score (nSPS) is 12.1. The largest absolute Gasteiger partial charge is 0.477 e. The lowest BCUT2D eigenvalue weighted by Crippen LogP contribution is -1.96. The summed E-state index contributed by atoms with van der Waals surface area (Å²) in [5, 5.41) is 20.9. The molecule has 0 atom stereocenters. The number of unbranched alkanes of at least 4 members (excludes halogenated alkanes) is 6. The van der Waals surface area contributed by atoms with E-state index in [4.69, 9.17) is 0 Å². The molecule has 3 nitrogen and oxygen atoms in total. The SMILES string of the molecule is CCCCCCc1c(-c2ccc(/C=C(\C#N)C(=O)O)s2)sc(-c2ccc(-c3cc4sc5ccsc5c4s3)s2)c1CCCCCC. The van der Waals surface area contributed by atoms with Crippen molar-refractivity contribution in [2.24, 2.45) is 0 Å². The van der Waals surface area contributed by atoms with E-state index in [0.29, 0.717) is 0 Å². The van der Waals surface area contributed by atoms with Crippen molar-refractivity contribution < 1.29 is 9.90 Å². The summed E-state index contributed by atoms with van der Waals surface area (Å²) >= 11 is 11.1. The fourth-order valence-corrected chi connectivity index (χ4v) is 13.2. The summed E-state index contributed by atoms with van der Waals surface area (Å²) in [6, 6.07) is 15.1. The minimum atomic E-state index is -1.18. The Bertz CT molecular complexity index is 2000. The molecule has 0 saturated heterocycles. The van der Waals surface area contributed by atoms with Gasteiger partial charge in [-0.15, -0.1) is 68.0 Å². The Morgan fingerprint density at radius 3 is 2.07 bits per heavy atom. The lowest BCUT2D eigenvalue weighted by molar-refractivity contribution is -0.132. The molecule has 0 spiro atoms. The average Bonchev–Trinajstić information content (AvgIpc) is 3.86. The Morgan fingerprint density at radius 1 is 0.733 bits per heavy atom. The van der Waals surface area contributed by atoms with Crippen molar-refractivity contribution in [2.75, 3.05) is 0 Å². The second-order valence-corrected chi connectivity index (χ2v) is 17.5. The van der Waals surface area contributed by atoms with Gasteiger partial charge in [-0.1, -0.05) is 52.4 Å². The van der Waals surface area contributed by atoms with Gasteiger partial charge < -0.3 is 5.11 Å². The molecule has 0 amide bonds. The summed E-state index contributed by atoms with van der Waals surface area (Å²) in [6.07, 6.45) is 13.4. The number of hydrogen-bond acceptors (Lipinski definition) is 8. The molecule has 6 heterocycles. The molecule has 9 heteroatoms. The van der Waals surface area contributed by atoms with Crippen LogP contribution in [0.15, 0.2) is 47.4 Å². The number of rotatable bonds is 15. The summed E-state index contributed by atoms with van der Waals surface area (Å²) in [5.41, 5.74) is 2.76. The van der Waals surface area contributed by atoms with E-state index in [0.717, 1.165) is 22.6 Å². The van der Waals surface area contributed by atoms with E-state index in [2.05, 4.69) is 49.6 Å². The van der Waals surface area contributed by atoms with Gasteiger partial charge in [-0.25, -0.2) is 4.79 Å². The van der Waals surface area contributed by atoms with Gasteiger partial charge in [-0.2, -0.15) is 5.26 Å². The molecule has 0 saturated carbocycles. The van der Waals surface area contributed by atoms with Crippen LogP contribution in [0.1, 0.15) is 81.2 Å². The van der Waals surface area contributed by atoms with Gasteiger partial charge in [0.25, 0.3) is 0 Å². The second-order valence-electron chi connectivity index (χ2n) is 11.2. The lowest BCUT2D eigenvalue weighted by atomic mass is 9.96. The van der Waals surface area contributed by atoms with Gasteiger partial charge >= 0.3 is 5.97 Å². The predicted molar refractivity (Wildman–Crippen MR) is 202 cm³/mol. The zero-order chi connectivity index (χ0) is 31.3. The highest BCUT2D eigenvalue weighted by Crippen LogP contribution is 2.50. The second kappa shape index (κ2) is 14.9. The van der Waals surface area contributed by atoms with Crippen LogP contribution < -0.4 is 0 Å². The molecule has 0 bridgehead atoms. The van der Waals surface area contributed by atoms with E-state index >= 15 is 0 Å². The first-order valence-electron chi connectivity index (χ1n) is 15.6. The standard InChI is InChI=1S/C36H35NO2S6/c1-3-5-7-9-11-24-25(12-10-8-6-4-2)33(45-32(24)27-14-13-23(41-27)19-22(21-37)36(38)39)28-16-15-26(42-28)30-20-31-35(44-30)34-29(43-31)17-18-40-34/h13-20H,3-12H2,1-2H3,(H,38,39)/b22-19+. The molecular formula is C36H35NO2S6. The number of aliphatic carboxylic acids is 1. The number of carboxylic acids is 1. The minimum absolute atomic E-state index is 0.231. The van der Waals surface area contributed by atoms with Gasteiger partial charge in [0.15, 0.2) is 0 Å². The summed E-state index contributed by atoms with van der Waals surface area (Å²) < 4.78 is 5.62. The van der Waals surface area contributed by atoms with Gasteiger partial charge in [0.2, 0.25) is 0 Å². The molecule has 0 aromatic carbocycles. The minimum Gasteiger partial charge on any atom is -0.477 e. The van der Waals surface area contributed by atoms with Crippen molar-refractivity contribution in [3.63, 3.8) is 0 Å². The van der Waals surface area contributed by atoms with E-state index in [-0.39, 0.29) is 5.57 Å². The van der Waals surface area contributed by atoms with Crippen LogP contribution in [0.3, 0.4) is 0 Å². The first-order valence-corrected chi connectivity index (χ1v) is 20.6. The molecule has 6 aromatic rings. The summed E-state index contributed by atoms with van der Waals surface area (Å²) in [7, 11) is 0. The van der Waals surface area contributed by atoms with Gasteiger partial charge in [-0.05, 0) is 84.7 Å². The van der Waals surface area contributed by atoms with Crippen LogP contribution in [0.4, 0.5) is 0 Å². The molecule has 45 heavy (non-hydrogen) atoms. The molecule has 0 unspecified atom stereocenters. The highest BCUT2D eigenvalue weighted by molar-refractivity contribution is 7.39. The molecular weight excluding hydrogens is 671 g/mol. The zero-order valence-corrected chi connectivity index (χ0v) is 30.3. The van der Waals surface area contributed by atoms with E-state index in [9.17, 15) is 15.2 Å². The number of nitriles is 1. The third-order valence-electron chi connectivity index (χ3n) is 7.99. The van der Waals surface area contributed by atoms with E-state index in [1.165, 1.54) is 112 Å². The maximum absolute atomic E-state index is 11.5. The molecule has 0 fully saturated rings. The van der Waals surface area contributed by atoms with Crippen LogP contribution in [-0.2, 0) is 17.6 Å². The van der Waals surface area contributed by atoms with Crippen molar-refractivity contribution in [1.82, 2.24) is 0 Å². The maximum atomic E-state index is 11.5. The van der Waals surface area contributed by atoms with Crippen LogP contribution in [0.2, 0.25) is 0 Å². The topological polar surface area (TPSA) is 61.1 Å². The Hall–Kier alpha value is -2.58. The van der Waals surface area contributed by atoms with Crippen LogP contribution in [0.25, 0.3) is 54.1 Å². The fraction of sp³-hybridized carbons (Fsp3) is 0.333. The molecule has 6 rings (SSSR count). The number of carbonyl (C=O) groups is 1. The number of thiophene rings is 6. The summed E-state index contributed by atoms with van der Waals surface area (Å²) in [5.74, 6) is -1.18. The smallest absolute Gasteiger partial charge is 0.346 e. The Labute approximate surface area is 288 Å². The van der Waals surface area contributed by atoms with Crippen molar-refractivity contribution in [2.45, 2.75) is 78.1 Å². The Balaban J connectivity index is 1.40. The highest BCUT2D eigenvalue weighted by Gasteiger charge is 2.23. The number of nitrogens with zero attached hydrogens (tertiary/aromatic N) is 1. The van der Waals surface area contributed by atoms with Crippen molar-refractivity contribution in [3.8, 4) is 35.3 Å². The zero-order valence-electron chi connectivity index (χ0n) is 25.4.